The Morgan fingerprint density at radius 1 is 1.43 bits per heavy atom. The molecule has 1 rings (SSSR count). The van der Waals surface area contributed by atoms with Gasteiger partial charge in [-0.05, 0) is 6.92 Å². The van der Waals surface area contributed by atoms with Gasteiger partial charge in [0.05, 0.1) is 13.2 Å². The van der Waals surface area contributed by atoms with E-state index in [4.69, 9.17) is 16.3 Å². The number of alkyl halides is 1. The largest absolute Gasteiger partial charge is 0.379 e. The lowest BCUT2D eigenvalue weighted by Crippen LogP contribution is -2.46. The highest BCUT2D eigenvalue weighted by molar-refractivity contribution is 8.00. The highest BCUT2D eigenvalue weighted by Crippen LogP contribution is 2.23. The Labute approximate surface area is 96.3 Å². The van der Waals surface area contributed by atoms with Gasteiger partial charge in [-0.25, -0.2) is 0 Å². The molecule has 0 amide bonds. The van der Waals surface area contributed by atoms with Gasteiger partial charge in [-0.1, -0.05) is 6.92 Å². The maximum atomic E-state index is 5.53. The maximum absolute atomic E-state index is 5.53. The molecule has 0 aromatic carbocycles. The van der Waals surface area contributed by atoms with Crippen molar-refractivity contribution in [3.8, 4) is 0 Å². The molecule has 1 aliphatic rings. The molecule has 2 atom stereocenters. The molecule has 0 spiro atoms. The molecule has 2 unspecified atom stereocenters. The number of halogens is 1. The average molecular weight is 238 g/mol. The topological polar surface area (TPSA) is 12.5 Å². The van der Waals surface area contributed by atoms with Crippen LogP contribution in [0, 0.1) is 0 Å². The van der Waals surface area contributed by atoms with E-state index in [0.717, 1.165) is 18.4 Å². The maximum Gasteiger partial charge on any atom is 0.0602 e. The van der Waals surface area contributed by atoms with E-state index in [0.29, 0.717) is 18.5 Å². The van der Waals surface area contributed by atoms with Gasteiger partial charge in [-0.2, -0.15) is 11.8 Å². The van der Waals surface area contributed by atoms with E-state index in [1.807, 2.05) is 0 Å². The fourth-order valence-electron chi connectivity index (χ4n) is 1.65. The summed E-state index contributed by atoms with van der Waals surface area (Å²) in [6.07, 6.45) is 0. The first-order valence-electron chi connectivity index (χ1n) is 5.25. The number of hydrogen-bond acceptors (Lipinski definition) is 3. The van der Waals surface area contributed by atoms with E-state index in [1.165, 1.54) is 12.3 Å². The fraction of sp³-hybridized carbons (Fsp3) is 1.00. The SMILES string of the molecule is CC1SCCN(CCOCCCl)C1C. The van der Waals surface area contributed by atoms with Crippen LogP contribution in [0.2, 0.25) is 0 Å². The first-order valence-corrected chi connectivity index (χ1v) is 6.83. The van der Waals surface area contributed by atoms with E-state index in [1.54, 1.807) is 0 Å². The number of thioether (sulfide) groups is 1. The van der Waals surface area contributed by atoms with Crippen molar-refractivity contribution >= 4 is 23.4 Å². The predicted octanol–water partition coefficient (Wildman–Crippen LogP) is 2.07. The van der Waals surface area contributed by atoms with Crippen molar-refractivity contribution in [2.45, 2.75) is 25.1 Å². The van der Waals surface area contributed by atoms with Gasteiger partial charge in [0.1, 0.15) is 0 Å². The summed E-state index contributed by atoms with van der Waals surface area (Å²) in [4.78, 5) is 2.51. The molecule has 1 saturated heterocycles. The standard InChI is InChI=1S/C10H20ClNOS/c1-9-10(2)14-8-5-12(9)4-7-13-6-3-11/h9-10H,3-8H2,1-2H3. The normalized spacial score (nSPS) is 29.4. The Hall–Kier alpha value is 0.560. The first kappa shape index (κ1) is 12.6. The molecule has 0 N–H and O–H groups in total. The van der Waals surface area contributed by atoms with Gasteiger partial charge in [-0.15, -0.1) is 11.6 Å². The Bertz CT molecular complexity index is 159. The molecular weight excluding hydrogens is 218 g/mol. The van der Waals surface area contributed by atoms with Crippen LogP contribution in [-0.2, 0) is 4.74 Å². The summed E-state index contributed by atoms with van der Waals surface area (Å²) < 4.78 is 5.39. The van der Waals surface area contributed by atoms with Gasteiger partial charge >= 0.3 is 0 Å². The number of hydrogen-bond donors (Lipinski definition) is 0. The minimum Gasteiger partial charge on any atom is -0.379 e. The van der Waals surface area contributed by atoms with Gasteiger partial charge in [0.15, 0.2) is 0 Å². The van der Waals surface area contributed by atoms with Crippen molar-refractivity contribution in [2.24, 2.45) is 0 Å². The van der Waals surface area contributed by atoms with Crippen LogP contribution in [0.3, 0.4) is 0 Å². The Balaban J connectivity index is 2.15. The van der Waals surface area contributed by atoms with Gasteiger partial charge in [0.2, 0.25) is 0 Å². The zero-order valence-electron chi connectivity index (χ0n) is 9.04. The molecule has 1 fully saturated rings. The second kappa shape index (κ2) is 6.94. The van der Waals surface area contributed by atoms with E-state index in [2.05, 4.69) is 30.5 Å². The van der Waals surface area contributed by atoms with Gasteiger partial charge in [-0.3, -0.25) is 4.90 Å². The Morgan fingerprint density at radius 2 is 2.21 bits per heavy atom. The van der Waals surface area contributed by atoms with Crippen molar-refractivity contribution < 1.29 is 4.74 Å². The van der Waals surface area contributed by atoms with Gasteiger partial charge in [0.25, 0.3) is 0 Å². The van der Waals surface area contributed by atoms with Crippen LogP contribution in [0.25, 0.3) is 0 Å². The third-order valence-corrected chi connectivity index (χ3v) is 4.25. The van der Waals surface area contributed by atoms with Gasteiger partial charge in [0, 0.05) is 36.0 Å². The Kier molecular flexibility index (Phi) is 6.26. The van der Waals surface area contributed by atoms with E-state index >= 15 is 0 Å². The van der Waals surface area contributed by atoms with Crippen molar-refractivity contribution in [3.05, 3.63) is 0 Å². The van der Waals surface area contributed by atoms with Crippen LogP contribution in [0.5, 0.6) is 0 Å². The molecule has 0 saturated carbocycles. The van der Waals surface area contributed by atoms with Crippen molar-refractivity contribution in [1.82, 2.24) is 4.90 Å². The summed E-state index contributed by atoms with van der Waals surface area (Å²) in [5.41, 5.74) is 0. The van der Waals surface area contributed by atoms with Crippen molar-refractivity contribution in [3.63, 3.8) is 0 Å². The predicted molar refractivity (Wildman–Crippen MR) is 64.5 cm³/mol. The molecule has 0 aliphatic carbocycles. The van der Waals surface area contributed by atoms with E-state index < -0.39 is 0 Å². The molecule has 1 heterocycles. The Morgan fingerprint density at radius 3 is 2.93 bits per heavy atom. The smallest absolute Gasteiger partial charge is 0.0602 e. The summed E-state index contributed by atoms with van der Waals surface area (Å²) in [6, 6.07) is 0.674. The molecule has 84 valence electrons. The van der Waals surface area contributed by atoms with Crippen LogP contribution < -0.4 is 0 Å². The van der Waals surface area contributed by atoms with E-state index in [9.17, 15) is 0 Å². The lowest BCUT2D eigenvalue weighted by atomic mass is 10.2. The summed E-state index contributed by atoms with van der Waals surface area (Å²) in [7, 11) is 0. The second-order valence-corrected chi connectivity index (χ2v) is 5.52. The molecule has 14 heavy (non-hydrogen) atoms. The molecule has 0 aromatic rings. The number of nitrogens with zero attached hydrogens (tertiary/aromatic N) is 1. The lowest BCUT2D eigenvalue weighted by molar-refractivity contribution is 0.1000. The van der Waals surface area contributed by atoms with Crippen molar-refractivity contribution in [2.75, 3.05) is 37.9 Å². The molecule has 0 aromatic heterocycles. The highest BCUT2D eigenvalue weighted by Gasteiger charge is 2.24. The third-order valence-electron chi connectivity index (χ3n) is 2.76. The third kappa shape index (κ3) is 3.97. The van der Waals surface area contributed by atoms with Crippen molar-refractivity contribution in [1.29, 1.82) is 0 Å². The summed E-state index contributed by atoms with van der Waals surface area (Å²) in [5.74, 6) is 1.85. The van der Waals surface area contributed by atoms with Crippen LogP contribution in [0.4, 0.5) is 0 Å². The minimum absolute atomic E-state index is 0.599. The van der Waals surface area contributed by atoms with Gasteiger partial charge < -0.3 is 4.74 Å². The summed E-state index contributed by atoms with van der Waals surface area (Å²) in [5, 5.41) is 0.747. The molecular formula is C10H20ClNOS. The zero-order valence-corrected chi connectivity index (χ0v) is 10.6. The summed E-state index contributed by atoms with van der Waals surface area (Å²) in [6.45, 7) is 8.34. The molecule has 0 radical (unpaired) electrons. The van der Waals surface area contributed by atoms with Crippen LogP contribution >= 0.6 is 23.4 Å². The zero-order chi connectivity index (χ0) is 10.4. The molecule has 2 nitrogen and oxygen atoms in total. The average Bonchev–Trinajstić information content (AvgIpc) is 2.19. The number of rotatable bonds is 5. The summed E-state index contributed by atoms with van der Waals surface area (Å²) >= 11 is 7.60. The van der Waals surface area contributed by atoms with E-state index in [-0.39, 0.29) is 0 Å². The van der Waals surface area contributed by atoms with Crippen LogP contribution in [0.15, 0.2) is 0 Å². The minimum atomic E-state index is 0.599. The first-order chi connectivity index (χ1) is 6.75. The highest BCUT2D eigenvalue weighted by atomic mass is 35.5. The number of ether oxygens (including phenoxy) is 1. The molecule has 0 bridgehead atoms. The van der Waals surface area contributed by atoms with Crippen LogP contribution in [-0.4, -0.2) is 54.1 Å². The quantitative estimate of drug-likeness (QED) is 0.537. The fourth-order valence-corrected chi connectivity index (χ4v) is 2.92. The molecule has 1 aliphatic heterocycles. The molecule has 4 heteroatoms. The second-order valence-electron chi connectivity index (χ2n) is 3.65. The monoisotopic (exact) mass is 237 g/mol. The van der Waals surface area contributed by atoms with Crippen LogP contribution in [0.1, 0.15) is 13.8 Å². The lowest BCUT2D eigenvalue weighted by Gasteiger charge is -2.37.